The van der Waals surface area contributed by atoms with Gasteiger partial charge in [-0.3, -0.25) is 5.10 Å². The summed E-state index contributed by atoms with van der Waals surface area (Å²) in [6.45, 7) is 1.70. The molecule has 5 heteroatoms. The zero-order valence-electron chi connectivity index (χ0n) is 9.52. The highest BCUT2D eigenvalue weighted by atomic mass is 32.2. The highest BCUT2D eigenvalue weighted by Crippen LogP contribution is 2.25. The van der Waals surface area contributed by atoms with Crippen molar-refractivity contribution in [3.05, 3.63) is 35.5 Å². The second-order valence-corrected chi connectivity index (χ2v) is 4.49. The van der Waals surface area contributed by atoms with E-state index in [2.05, 4.69) is 10.2 Å². The number of carbonyl (C=O) groups is 1. The number of hydrogen-bond acceptors (Lipinski definition) is 3. The zero-order chi connectivity index (χ0) is 12.4. The highest BCUT2D eigenvalue weighted by Gasteiger charge is 2.18. The third kappa shape index (κ3) is 2.19. The van der Waals surface area contributed by atoms with Gasteiger partial charge in [-0.25, -0.2) is 4.79 Å². The fourth-order valence-corrected chi connectivity index (χ4v) is 2.06. The molecule has 0 aliphatic carbocycles. The zero-order valence-corrected chi connectivity index (χ0v) is 10.3. The maximum atomic E-state index is 11.1. The quantitative estimate of drug-likeness (QED) is 0.820. The van der Waals surface area contributed by atoms with Gasteiger partial charge in [-0.1, -0.05) is 12.1 Å². The summed E-state index contributed by atoms with van der Waals surface area (Å²) in [6.07, 6.45) is 2.00. The molecule has 88 valence electrons. The van der Waals surface area contributed by atoms with Gasteiger partial charge in [0, 0.05) is 16.2 Å². The van der Waals surface area contributed by atoms with E-state index in [1.54, 1.807) is 18.7 Å². The van der Waals surface area contributed by atoms with Crippen LogP contribution in [-0.2, 0) is 0 Å². The average Bonchev–Trinajstić information content (AvgIpc) is 2.71. The van der Waals surface area contributed by atoms with Crippen molar-refractivity contribution in [2.24, 2.45) is 0 Å². The molecule has 2 N–H and O–H groups in total. The molecule has 0 atom stereocenters. The lowest BCUT2D eigenvalue weighted by Gasteiger charge is -2.01. The molecule has 0 aliphatic rings. The number of nitrogens with zero attached hydrogens (tertiary/aromatic N) is 1. The molecule has 2 rings (SSSR count). The molecular formula is C12H12N2O2S. The Balaban J connectivity index is 2.49. The third-order valence-electron chi connectivity index (χ3n) is 2.52. The summed E-state index contributed by atoms with van der Waals surface area (Å²) in [4.78, 5) is 12.3. The Bertz CT molecular complexity index is 546. The van der Waals surface area contributed by atoms with Crippen molar-refractivity contribution in [2.75, 3.05) is 6.26 Å². The number of nitrogens with one attached hydrogen (secondary N) is 1. The van der Waals surface area contributed by atoms with Crippen LogP contribution >= 0.6 is 11.8 Å². The summed E-state index contributed by atoms with van der Waals surface area (Å²) in [5.74, 6) is -0.958. The number of thioether (sulfide) groups is 1. The van der Waals surface area contributed by atoms with Crippen LogP contribution in [0.15, 0.2) is 29.2 Å². The molecule has 0 fully saturated rings. The minimum absolute atomic E-state index is 0.238. The van der Waals surface area contributed by atoms with E-state index < -0.39 is 5.97 Å². The van der Waals surface area contributed by atoms with Crippen LogP contribution in [0.3, 0.4) is 0 Å². The van der Waals surface area contributed by atoms with Gasteiger partial charge in [-0.15, -0.1) is 11.8 Å². The van der Waals surface area contributed by atoms with E-state index in [0.29, 0.717) is 11.4 Å². The van der Waals surface area contributed by atoms with Crippen LogP contribution in [0.25, 0.3) is 11.3 Å². The van der Waals surface area contributed by atoms with E-state index in [9.17, 15) is 4.79 Å². The fraction of sp³-hybridized carbons (Fsp3) is 0.167. The normalized spacial score (nSPS) is 10.5. The summed E-state index contributed by atoms with van der Waals surface area (Å²) in [5.41, 5.74) is 2.11. The molecule has 0 bridgehead atoms. The van der Waals surface area contributed by atoms with E-state index >= 15 is 0 Å². The Labute approximate surface area is 103 Å². The van der Waals surface area contributed by atoms with E-state index in [4.69, 9.17) is 5.11 Å². The molecule has 17 heavy (non-hydrogen) atoms. The number of carboxylic acid groups (broad SMARTS) is 1. The SMILES string of the molecule is CSc1ccc(-c2n[nH]c(C)c2C(=O)O)cc1. The van der Waals surface area contributed by atoms with Gasteiger partial charge in [0.2, 0.25) is 0 Å². The standard InChI is InChI=1S/C12H12N2O2S/c1-7-10(12(15)16)11(14-13-7)8-3-5-9(17-2)6-4-8/h3-6H,1-2H3,(H,13,14)(H,15,16). The van der Waals surface area contributed by atoms with Gasteiger partial charge in [-0.2, -0.15) is 5.10 Å². The molecule has 1 heterocycles. The molecule has 2 aromatic rings. The lowest BCUT2D eigenvalue weighted by Crippen LogP contribution is -1.99. The Hall–Kier alpha value is -1.75. The smallest absolute Gasteiger partial charge is 0.339 e. The van der Waals surface area contributed by atoms with Gasteiger partial charge in [0.1, 0.15) is 11.3 Å². The Morgan fingerprint density at radius 1 is 1.35 bits per heavy atom. The van der Waals surface area contributed by atoms with Crippen LogP contribution in [0, 0.1) is 6.92 Å². The predicted octanol–water partition coefficient (Wildman–Crippen LogP) is 2.81. The van der Waals surface area contributed by atoms with Crippen molar-refractivity contribution in [3.63, 3.8) is 0 Å². The molecule has 0 aliphatic heterocycles. The molecular weight excluding hydrogens is 236 g/mol. The summed E-state index contributed by atoms with van der Waals surface area (Å²) >= 11 is 1.64. The number of benzene rings is 1. The van der Waals surface area contributed by atoms with Gasteiger partial charge in [0.15, 0.2) is 0 Å². The van der Waals surface area contributed by atoms with Gasteiger partial charge in [-0.05, 0) is 25.3 Å². The summed E-state index contributed by atoms with van der Waals surface area (Å²) in [5, 5.41) is 15.9. The van der Waals surface area contributed by atoms with Crippen LogP contribution in [0.1, 0.15) is 16.1 Å². The Morgan fingerprint density at radius 3 is 2.53 bits per heavy atom. The number of H-pyrrole nitrogens is 1. The molecule has 0 spiro atoms. The first-order valence-electron chi connectivity index (χ1n) is 5.06. The lowest BCUT2D eigenvalue weighted by molar-refractivity contribution is 0.0697. The molecule has 0 amide bonds. The molecule has 0 radical (unpaired) electrons. The predicted molar refractivity (Wildman–Crippen MR) is 67.5 cm³/mol. The lowest BCUT2D eigenvalue weighted by atomic mass is 10.1. The second kappa shape index (κ2) is 4.63. The molecule has 0 saturated heterocycles. The molecule has 0 saturated carbocycles. The number of aromatic carboxylic acids is 1. The summed E-state index contributed by atoms with van der Waals surface area (Å²) in [6, 6.07) is 7.67. The number of carboxylic acids is 1. The first kappa shape index (κ1) is 11.7. The van der Waals surface area contributed by atoms with Crippen LogP contribution in [-0.4, -0.2) is 27.5 Å². The number of rotatable bonds is 3. The first-order chi connectivity index (χ1) is 8.13. The van der Waals surface area contributed by atoms with Gasteiger partial charge < -0.3 is 5.11 Å². The largest absolute Gasteiger partial charge is 0.478 e. The Kier molecular flexibility index (Phi) is 3.19. The average molecular weight is 248 g/mol. The van der Waals surface area contributed by atoms with E-state index in [-0.39, 0.29) is 5.56 Å². The third-order valence-corrected chi connectivity index (χ3v) is 3.27. The summed E-state index contributed by atoms with van der Waals surface area (Å²) in [7, 11) is 0. The van der Waals surface area contributed by atoms with Crippen LogP contribution in [0.5, 0.6) is 0 Å². The highest BCUT2D eigenvalue weighted by molar-refractivity contribution is 7.98. The summed E-state index contributed by atoms with van der Waals surface area (Å²) < 4.78 is 0. The van der Waals surface area contributed by atoms with Crippen molar-refractivity contribution < 1.29 is 9.90 Å². The van der Waals surface area contributed by atoms with E-state index in [0.717, 1.165) is 10.5 Å². The molecule has 4 nitrogen and oxygen atoms in total. The van der Waals surface area contributed by atoms with Crippen molar-refractivity contribution in [3.8, 4) is 11.3 Å². The monoisotopic (exact) mass is 248 g/mol. The van der Waals surface area contributed by atoms with Gasteiger partial charge in [0.25, 0.3) is 0 Å². The van der Waals surface area contributed by atoms with Crippen molar-refractivity contribution in [1.82, 2.24) is 10.2 Å². The maximum absolute atomic E-state index is 11.1. The number of aromatic nitrogens is 2. The minimum atomic E-state index is -0.958. The maximum Gasteiger partial charge on any atom is 0.339 e. The van der Waals surface area contributed by atoms with Crippen LogP contribution in [0.2, 0.25) is 0 Å². The molecule has 0 unspecified atom stereocenters. The van der Waals surface area contributed by atoms with Crippen LogP contribution < -0.4 is 0 Å². The van der Waals surface area contributed by atoms with Crippen molar-refractivity contribution >= 4 is 17.7 Å². The first-order valence-corrected chi connectivity index (χ1v) is 6.28. The van der Waals surface area contributed by atoms with E-state index in [1.165, 1.54) is 0 Å². The molecule has 1 aromatic heterocycles. The molecule has 1 aromatic carbocycles. The number of hydrogen-bond donors (Lipinski definition) is 2. The second-order valence-electron chi connectivity index (χ2n) is 3.61. The number of aromatic amines is 1. The van der Waals surface area contributed by atoms with Gasteiger partial charge >= 0.3 is 5.97 Å². The minimum Gasteiger partial charge on any atom is -0.478 e. The fourth-order valence-electron chi connectivity index (χ4n) is 1.65. The van der Waals surface area contributed by atoms with E-state index in [1.807, 2.05) is 30.5 Å². The Morgan fingerprint density at radius 2 is 2.00 bits per heavy atom. The number of aryl methyl sites for hydroxylation is 1. The van der Waals surface area contributed by atoms with Crippen molar-refractivity contribution in [1.29, 1.82) is 0 Å². The van der Waals surface area contributed by atoms with Crippen LogP contribution in [0.4, 0.5) is 0 Å². The topological polar surface area (TPSA) is 66.0 Å². The van der Waals surface area contributed by atoms with Crippen molar-refractivity contribution in [2.45, 2.75) is 11.8 Å². The van der Waals surface area contributed by atoms with Gasteiger partial charge in [0.05, 0.1) is 0 Å².